The van der Waals surface area contributed by atoms with E-state index in [1.54, 1.807) is 0 Å². The van der Waals surface area contributed by atoms with Crippen molar-refractivity contribution in [3.63, 3.8) is 0 Å². The van der Waals surface area contributed by atoms with Crippen LogP contribution in [-0.4, -0.2) is 4.57 Å². The van der Waals surface area contributed by atoms with Crippen molar-refractivity contribution in [3.8, 4) is 44.5 Å². The monoisotopic (exact) mass is 790 g/mol. The molecule has 0 fully saturated rings. The Morgan fingerprint density at radius 1 is 0.574 bits per heavy atom. The van der Waals surface area contributed by atoms with Gasteiger partial charge in [-0.1, -0.05) is 149 Å². The van der Waals surface area contributed by atoms with Gasteiger partial charge in [0.15, 0.2) is 0 Å². The Labute approximate surface area is 361 Å². The maximum atomic E-state index is 4.17. The predicted molar refractivity (Wildman–Crippen MR) is 263 cm³/mol. The second-order valence-corrected chi connectivity index (χ2v) is 17.7. The van der Waals surface area contributed by atoms with Crippen molar-refractivity contribution in [1.29, 1.82) is 0 Å². The average molecular weight is 791 g/mol. The molecule has 2 nitrogen and oxygen atoms in total. The van der Waals surface area contributed by atoms with Crippen molar-refractivity contribution in [1.82, 2.24) is 4.57 Å². The first-order valence-electron chi connectivity index (χ1n) is 22.0. The Morgan fingerprint density at radius 3 is 1.82 bits per heavy atom. The molecule has 0 saturated carbocycles. The van der Waals surface area contributed by atoms with Crippen molar-refractivity contribution in [2.45, 2.75) is 72.1 Å². The maximum absolute atomic E-state index is 4.17. The van der Waals surface area contributed by atoms with Gasteiger partial charge in [-0.3, -0.25) is 0 Å². The van der Waals surface area contributed by atoms with Gasteiger partial charge in [-0.05, 0) is 160 Å². The third kappa shape index (κ3) is 6.31. The van der Waals surface area contributed by atoms with Gasteiger partial charge in [0, 0.05) is 33.4 Å². The summed E-state index contributed by atoms with van der Waals surface area (Å²) in [5.41, 5.74) is 24.7. The van der Waals surface area contributed by atoms with Crippen LogP contribution in [0.15, 0.2) is 164 Å². The molecule has 0 radical (unpaired) electrons. The fourth-order valence-corrected chi connectivity index (χ4v) is 10.6. The lowest BCUT2D eigenvalue weighted by Gasteiger charge is -2.42. The van der Waals surface area contributed by atoms with E-state index in [-0.39, 0.29) is 11.8 Å². The molecule has 8 aromatic rings. The normalized spacial score (nSPS) is 18.2. The van der Waals surface area contributed by atoms with Crippen molar-refractivity contribution in [2.24, 2.45) is 0 Å². The van der Waals surface area contributed by atoms with E-state index < -0.39 is 0 Å². The molecule has 7 aromatic carbocycles. The third-order valence-electron chi connectivity index (χ3n) is 14.0. The first-order valence-corrected chi connectivity index (χ1v) is 22.0. The number of hydrogen-bond donors (Lipinski definition) is 1. The zero-order valence-corrected chi connectivity index (χ0v) is 36.5. The molecule has 0 amide bonds. The standard InChI is InChI=1S/C59H54N2/c1-9-16-47(17-10-2)61-55-27-25-44(42-21-15-19-36(4)29-42)31-52(55)53-34-50-38(6)37(5)48-32-45(33-49-39(7)40(8)56(59(53)61)58(50)57(48)49)51-30-43(41-20-14-18-35(3)28-41)24-26-54(51)60-46-22-12-11-13-23-46/h9-34,37-40,60H,1H2,2-8H3/b17-10-,47-16+. The van der Waals surface area contributed by atoms with E-state index >= 15 is 0 Å². The van der Waals surface area contributed by atoms with Gasteiger partial charge < -0.3 is 9.88 Å². The summed E-state index contributed by atoms with van der Waals surface area (Å²) in [6.45, 7) is 20.5. The van der Waals surface area contributed by atoms with Gasteiger partial charge in [-0.15, -0.1) is 0 Å². The number of aromatic nitrogens is 1. The number of aryl methyl sites for hydroxylation is 2. The number of para-hydroxylation sites is 1. The summed E-state index contributed by atoms with van der Waals surface area (Å²) in [4.78, 5) is 0. The molecular weight excluding hydrogens is 737 g/mol. The Balaban J connectivity index is 1.25. The highest BCUT2D eigenvalue weighted by Gasteiger charge is 2.41. The van der Waals surface area contributed by atoms with Gasteiger partial charge in [-0.2, -0.15) is 0 Å². The average Bonchev–Trinajstić information content (AvgIpc) is 3.60. The minimum atomic E-state index is 0.268. The SMILES string of the molecule is C=C/C=C(\C=C/C)n1c2ccc(-c3cccc(C)c3)cc2c2cc3c4c(c21)C(C)C(C)c1cc(-c2cc(-c5cccc(C)c5)ccc2Nc2ccccc2)cc(c1-4)C(C)C3C. The minimum absolute atomic E-state index is 0.268. The molecule has 300 valence electrons. The van der Waals surface area contributed by atoms with Gasteiger partial charge in [0.1, 0.15) is 0 Å². The number of benzene rings is 7. The lowest BCUT2D eigenvalue weighted by atomic mass is 9.62. The summed E-state index contributed by atoms with van der Waals surface area (Å²) in [5.74, 6) is 1.21. The number of anilines is 2. The van der Waals surface area contributed by atoms with Crippen LogP contribution in [0.3, 0.4) is 0 Å². The highest BCUT2D eigenvalue weighted by Crippen LogP contribution is 2.60. The zero-order valence-electron chi connectivity index (χ0n) is 36.5. The molecule has 4 atom stereocenters. The zero-order chi connectivity index (χ0) is 42.1. The largest absolute Gasteiger partial charge is 0.355 e. The van der Waals surface area contributed by atoms with Crippen molar-refractivity contribution in [3.05, 3.63) is 198 Å². The molecule has 10 rings (SSSR count). The summed E-state index contributed by atoms with van der Waals surface area (Å²) in [6.07, 6.45) is 8.48. The van der Waals surface area contributed by atoms with Crippen LogP contribution in [0, 0.1) is 13.8 Å². The Kier molecular flexibility index (Phi) is 9.56. The Hall–Kier alpha value is -6.64. The second-order valence-electron chi connectivity index (χ2n) is 17.7. The Bertz CT molecular complexity index is 3100. The first-order chi connectivity index (χ1) is 29.6. The first kappa shape index (κ1) is 38.6. The van der Waals surface area contributed by atoms with Crippen LogP contribution in [0.25, 0.3) is 72.0 Å². The molecule has 2 aliphatic rings. The number of fused-ring (bicyclic) bond motifs is 4. The van der Waals surface area contributed by atoms with E-state index in [2.05, 4.69) is 217 Å². The summed E-state index contributed by atoms with van der Waals surface area (Å²) in [5, 5.41) is 6.45. The van der Waals surface area contributed by atoms with Gasteiger partial charge >= 0.3 is 0 Å². The van der Waals surface area contributed by atoms with E-state index in [1.807, 2.05) is 6.08 Å². The molecule has 2 heteroatoms. The molecule has 61 heavy (non-hydrogen) atoms. The molecule has 0 saturated heterocycles. The van der Waals surface area contributed by atoms with Crippen LogP contribution in [0.1, 0.15) is 91.7 Å². The summed E-state index contributed by atoms with van der Waals surface area (Å²) in [6, 6.07) is 50.0. The lowest BCUT2D eigenvalue weighted by Crippen LogP contribution is -2.23. The van der Waals surface area contributed by atoms with Gasteiger partial charge in [0.2, 0.25) is 0 Å². The van der Waals surface area contributed by atoms with Crippen LogP contribution in [-0.2, 0) is 0 Å². The number of allylic oxidation sites excluding steroid dienone is 5. The quantitative estimate of drug-likeness (QED) is 0.152. The number of nitrogens with zero attached hydrogens (tertiary/aromatic N) is 1. The van der Waals surface area contributed by atoms with E-state index in [0.29, 0.717) is 11.8 Å². The molecule has 1 N–H and O–H groups in total. The molecule has 2 aliphatic carbocycles. The molecule has 0 bridgehead atoms. The van der Waals surface area contributed by atoms with Crippen molar-refractivity contribution >= 4 is 38.9 Å². The minimum Gasteiger partial charge on any atom is -0.355 e. The predicted octanol–water partition coefficient (Wildman–Crippen LogP) is 16.9. The van der Waals surface area contributed by atoms with Crippen molar-refractivity contribution < 1.29 is 0 Å². The van der Waals surface area contributed by atoms with E-state index in [1.165, 1.54) is 99.7 Å². The van der Waals surface area contributed by atoms with Crippen LogP contribution < -0.4 is 5.32 Å². The number of rotatable bonds is 8. The molecule has 0 spiro atoms. The summed E-state index contributed by atoms with van der Waals surface area (Å²) < 4.78 is 2.53. The topological polar surface area (TPSA) is 17.0 Å². The van der Waals surface area contributed by atoms with E-state index in [0.717, 1.165) is 17.1 Å². The maximum Gasteiger partial charge on any atom is 0.0582 e. The van der Waals surface area contributed by atoms with Crippen molar-refractivity contribution in [2.75, 3.05) is 5.32 Å². The highest BCUT2D eigenvalue weighted by molar-refractivity contribution is 6.15. The number of hydrogen-bond acceptors (Lipinski definition) is 1. The highest BCUT2D eigenvalue weighted by atomic mass is 15.0. The van der Waals surface area contributed by atoms with Gasteiger partial charge in [0.25, 0.3) is 0 Å². The molecule has 1 heterocycles. The summed E-state index contributed by atoms with van der Waals surface area (Å²) in [7, 11) is 0. The lowest BCUT2D eigenvalue weighted by molar-refractivity contribution is 0.582. The van der Waals surface area contributed by atoms with Gasteiger partial charge in [0.05, 0.1) is 11.0 Å². The molecule has 1 aromatic heterocycles. The smallest absolute Gasteiger partial charge is 0.0582 e. The fourth-order valence-electron chi connectivity index (χ4n) is 10.6. The molecule has 4 unspecified atom stereocenters. The molecule has 0 aliphatic heterocycles. The van der Waals surface area contributed by atoms with Crippen LogP contribution >= 0.6 is 0 Å². The Morgan fingerprint density at radius 2 is 1.18 bits per heavy atom. The fraction of sp³-hybridized carbons (Fsp3) is 0.186. The van der Waals surface area contributed by atoms with E-state index in [9.17, 15) is 0 Å². The second kappa shape index (κ2) is 15.1. The molecular formula is C59H54N2. The number of nitrogens with one attached hydrogen (secondary N) is 1. The van der Waals surface area contributed by atoms with Crippen LogP contribution in [0.5, 0.6) is 0 Å². The van der Waals surface area contributed by atoms with Crippen LogP contribution in [0.2, 0.25) is 0 Å². The van der Waals surface area contributed by atoms with Gasteiger partial charge in [-0.25, -0.2) is 0 Å². The van der Waals surface area contributed by atoms with E-state index in [4.69, 9.17) is 0 Å². The summed E-state index contributed by atoms with van der Waals surface area (Å²) >= 11 is 0. The third-order valence-corrected chi connectivity index (χ3v) is 14.0. The van der Waals surface area contributed by atoms with Crippen LogP contribution in [0.4, 0.5) is 11.4 Å².